The van der Waals surface area contributed by atoms with E-state index in [9.17, 15) is 0 Å². The zero-order valence-electron chi connectivity index (χ0n) is 12.2. The van der Waals surface area contributed by atoms with Gasteiger partial charge in [0.15, 0.2) is 0 Å². The van der Waals surface area contributed by atoms with Gasteiger partial charge in [-0.05, 0) is 29.7 Å². The van der Waals surface area contributed by atoms with E-state index in [4.69, 9.17) is 4.74 Å². The minimum absolute atomic E-state index is 0.239. The van der Waals surface area contributed by atoms with Gasteiger partial charge in [0.05, 0.1) is 12.9 Å². The van der Waals surface area contributed by atoms with Crippen molar-refractivity contribution in [3.8, 4) is 5.75 Å². The van der Waals surface area contributed by atoms with Crippen LogP contribution in [0.1, 0.15) is 28.3 Å². The Morgan fingerprint density at radius 1 is 1.14 bits per heavy atom. The molecule has 3 aromatic rings. The van der Waals surface area contributed by atoms with Crippen molar-refractivity contribution in [3.63, 3.8) is 0 Å². The molecule has 0 radical (unpaired) electrons. The normalized spacial score (nSPS) is 14.4. The van der Waals surface area contributed by atoms with Crippen LogP contribution in [0.25, 0.3) is 0 Å². The average Bonchev–Trinajstić information content (AvgIpc) is 3.24. The van der Waals surface area contributed by atoms with E-state index in [0.29, 0.717) is 0 Å². The van der Waals surface area contributed by atoms with Crippen molar-refractivity contribution in [1.29, 1.82) is 0 Å². The van der Waals surface area contributed by atoms with Gasteiger partial charge in [-0.2, -0.15) is 0 Å². The molecule has 0 aliphatic carbocycles. The van der Waals surface area contributed by atoms with Crippen LogP contribution in [0.3, 0.4) is 0 Å². The lowest BCUT2D eigenvalue weighted by atomic mass is 9.86. The van der Waals surface area contributed by atoms with E-state index in [1.54, 1.807) is 6.33 Å². The number of aromatic nitrogens is 3. The van der Waals surface area contributed by atoms with E-state index in [-0.39, 0.29) is 5.92 Å². The first-order chi connectivity index (χ1) is 10.9. The molecule has 4 nitrogen and oxygen atoms in total. The molecule has 0 saturated carbocycles. The predicted molar refractivity (Wildman–Crippen MR) is 84.0 cm³/mol. The lowest BCUT2D eigenvalue weighted by Crippen LogP contribution is -2.08. The molecule has 4 rings (SSSR count). The molecular formula is C18H17N3O. The van der Waals surface area contributed by atoms with E-state index in [0.717, 1.165) is 30.9 Å². The fourth-order valence-electron chi connectivity index (χ4n) is 3.17. The Bertz CT molecular complexity index is 753. The summed E-state index contributed by atoms with van der Waals surface area (Å²) < 4.78 is 5.72. The number of fused-ring (bicyclic) bond motifs is 1. The highest BCUT2D eigenvalue weighted by Crippen LogP contribution is 2.36. The number of nitrogens with one attached hydrogen (secondary N) is 1. The summed E-state index contributed by atoms with van der Waals surface area (Å²) in [5.41, 5.74) is 5.00. The van der Waals surface area contributed by atoms with Crippen LogP contribution in [0.15, 0.2) is 55.2 Å². The number of hydrogen-bond acceptors (Lipinski definition) is 3. The standard InChI is InChI=1S/C18H17N3O/c1-4-14(15-6-8-22-18(15)5-1)16(17-11-20-12-21-17)9-13-3-2-7-19-10-13/h1-5,7,10-12,16H,6,8-9H2,(H,20,21). The Morgan fingerprint density at radius 3 is 2.95 bits per heavy atom. The molecule has 2 aromatic heterocycles. The third kappa shape index (κ3) is 2.37. The summed E-state index contributed by atoms with van der Waals surface area (Å²) >= 11 is 0. The van der Waals surface area contributed by atoms with E-state index in [2.05, 4.69) is 39.2 Å². The van der Waals surface area contributed by atoms with Crippen molar-refractivity contribution < 1.29 is 4.74 Å². The highest BCUT2D eigenvalue weighted by molar-refractivity contribution is 5.47. The number of ether oxygens (including phenoxy) is 1. The van der Waals surface area contributed by atoms with Crippen LogP contribution in [0.5, 0.6) is 5.75 Å². The first-order valence-electron chi connectivity index (χ1n) is 7.53. The summed E-state index contributed by atoms with van der Waals surface area (Å²) in [7, 11) is 0. The quantitative estimate of drug-likeness (QED) is 0.803. The summed E-state index contributed by atoms with van der Waals surface area (Å²) in [6.45, 7) is 0.773. The summed E-state index contributed by atoms with van der Waals surface area (Å²) in [5.74, 6) is 1.26. The molecule has 1 unspecified atom stereocenters. The lowest BCUT2D eigenvalue weighted by molar-refractivity contribution is 0.357. The molecule has 0 saturated heterocycles. The molecule has 1 aliphatic rings. The molecule has 0 fully saturated rings. The number of H-pyrrole nitrogens is 1. The molecule has 1 aliphatic heterocycles. The monoisotopic (exact) mass is 291 g/mol. The van der Waals surface area contributed by atoms with E-state index in [1.807, 2.05) is 24.7 Å². The number of imidazole rings is 1. The van der Waals surface area contributed by atoms with Gasteiger partial charge < -0.3 is 9.72 Å². The van der Waals surface area contributed by atoms with Crippen LogP contribution in [-0.2, 0) is 12.8 Å². The number of nitrogens with zero attached hydrogens (tertiary/aromatic N) is 2. The smallest absolute Gasteiger partial charge is 0.122 e. The minimum Gasteiger partial charge on any atom is -0.493 e. The average molecular weight is 291 g/mol. The van der Waals surface area contributed by atoms with Crippen molar-refractivity contribution in [2.45, 2.75) is 18.8 Å². The molecular weight excluding hydrogens is 274 g/mol. The van der Waals surface area contributed by atoms with E-state index >= 15 is 0 Å². The maximum atomic E-state index is 5.72. The SMILES string of the molecule is c1cncc(CC(c2cnc[nH]2)c2cccc3c2CCO3)c1. The summed E-state index contributed by atoms with van der Waals surface area (Å²) in [6, 6.07) is 10.4. The van der Waals surface area contributed by atoms with Crippen molar-refractivity contribution >= 4 is 0 Å². The maximum Gasteiger partial charge on any atom is 0.122 e. The summed E-state index contributed by atoms with van der Waals surface area (Å²) in [6.07, 6.45) is 9.27. The minimum atomic E-state index is 0.239. The van der Waals surface area contributed by atoms with Gasteiger partial charge >= 0.3 is 0 Å². The molecule has 0 amide bonds. The summed E-state index contributed by atoms with van der Waals surface area (Å²) in [5, 5.41) is 0. The number of aromatic amines is 1. The van der Waals surface area contributed by atoms with Gasteiger partial charge in [0.2, 0.25) is 0 Å². The zero-order valence-corrected chi connectivity index (χ0v) is 12.2. The Labute approximate surface area is 129 Å². The molecule has 1 N–H and O–H groups in total. The van der Waals surface area contributed by atoms with Crippen molar-refractivity contribution in [2.24, 2.45) is 0 Å². The number of rotatable bonds is 4. The number of benzene rings is 1. The predicted octanol–water partition coefficient (Wildman–Crippen LogP) is 3.11. The Morgan fingerprint density at radius 2 is 2.14 bits per heavy atom. The molecule has 22 heavy (non-hydrogen) atoms. The molecule has 110 valence electrons. The van der Waals surface area contributed by atoms with Crippen LogP contribution in [-0.4, -0.2) is 21.6 Å². The van der Waals surface area contributed by atoms with Crippen molar-refractivity contribution in [2.75, 3.05) is 6.61 Å². The largest absolute Gasteiger partial charge is 0.493 e. The van der Waals surface area contributed by atoms with Crippen LogP contribution in [0.4, 0.5) is 0 Å². The van der Waals surface area contributed by atoms with Gasteiger partial charge in [0, 0.05) is 42.2 Å². The second kappa shape index (κ2) is 5.64. The highest BCUT2D eigenvalue weighted by atomic mass is 16.5. The van der Waals surface area contributed by atoms with Gasteiger partial charge in [-0.1, -0.05) is 18.2 Å². The van der Waals surface area contributed by atoms with Crippen molar-refractivity contribution in [3.05, 3.63) is 77.6 Å². The molecule has 0 bridgehead atoms. The molecule has 0 spiro atoms. The molecule has 1 aromatic carbocycles. The zero-order chi connectivity index (χ0) is 14.8. The highest BCUT2D eigenvalue weighted by Gasteiger charge is 2.24. The fraction of sp³-hybridized carbons (Fsp3) is 0.222. The first kappa shape index (κ1) is 13.1. The molecule has 1 atom stereocenters. The Kier molecular flexibility index (Phi) is 3.35. The van der Waals surface area contributed by atoms with E-state index in [1.165, 1.54) is 16.7 Å². The maximum absolute atomic E-state index is 5.72. The topological polar surface area (TPSA) is 50.8 Å². The molecule has 4 heteroatoms. The van der Waals surface area contributed by atoms with Gasteiger partial charge in [0.25, 0.3) is 0 Å². The van der Waals surface area contributed by atoms with Gasteiger partial charge in [-0.15, -0.1) is 0 Å². The molecule has 3 heterocycles. The number of hydrogen-bond donors (Lipinski definition) is 1. The second-order valence-corrected chi connectivity index (χ2v) is 5.55. The van der Waals surface area contributed by atoms with Crippen LogP contribution >= 0.6 is 0 Å². The Balaban J connectivity index is 1.77. The van der Waals surface area contributed by atoms with Crippen LogP contribution in [0, 0.1) is 0 Å². The van der Waals surface area contributed by atoms with Crippen molar-refractivity contribution in [1.82, 2.24) is 15.0 Å². The van der Waals surface area contributed by atoms with Gasteiger partial charge in [-0.3, -0.25) is 4.98 Å². The van der Waals surface area contributed by atoms with E-state index < -0.39 is 0 Å². The Hall–Kier alpha value is -2.62. The second-order valence-electron chi connectivity index (χ2n) is 5.55. The van der Waals surface area contributed by atoms with Gasteiger partial charge in [0.1, 0.15) is 5.75 Å². The third-order valence-corrected chi connectivity index (χ3v) is 4.21. The first-order valence-corrected chi connectivity index (χ1v) is 7.53. The van der Waals surface area contributed by atoms with Gasteiger partial charge in [-0.25, -0.2) is 4.98 Å². The third-order valence-electron chi connectivity index (χ3n) is 4.21. The summed E-state index contributed by atoms with van der Waals surface area (Å²) in [4.78, 5) is 11.7. The lowest BCUT2D eigenvalue weighted by Gasteiger charge is -2.18. The fourth-order valence-corrected chi connectivity index (χ4v) is 3.17. The van der Waals surface area contributed by atoms with Crippen LogP contribution < -0.4 is 4.74 Å². The van der Waals surface area contributed by atoms with Crippen LogP contribution in [0.2, 0.25) is 0 Å². The number of pyridine rings is 1.